The smallest absolute Gasteiger partial charge is 0.365 e. The Labute approximate surface area is 79.9 Å². The molecule has 0 radical (unpaired) electrons. The van der Waals surface area contributed by atoms with E-state index >= 15 is 0 Å². The summed E-state index contributed by atoms with van der Waals surface area (Å²) in [6, 6.07) is 1.75. The number of aryl methyl sites for hydroxylation is 2. The average molecular weight is 189 g/mol. The van der Waals surface area contributed by atoms with Gasteiger partial charge in [-0.05, 0) is 30.9 Å². The molecule has 1 aromatic rings. The van der Waals surface area contributed by atoms with Gasteiger partial charge in [0.1, 0.15) is 0 Å². The van der Waals surface area contributed by atoms with Gasteiger partial charge in [0.15, 0.2) is 5.69 Å². The van der Waals surface area contributed by atoms with Crippen molar-refractivity contribution in [1.82, 2.24) is 4.98 Å². The molecule has 0 bridgehead atoms. The summed E-state index contributed by atoms with van der Waals surface area (Å²) < 4.78 is 4.47. The summed E-state index contributed by atoms with van der Waals surface area (Å²) in [6.45, 7) is 0. The van der Waals surface area contributed by atoms with E-state index in [1.165, 1.54) is 0 Å². The van der Waals surface area contributed by atoms with Crippen molar-refractivity contribution in [1.29, 1.82) is 0 Å². The molecule has 1 aromatic heterocycles. The summed E-state index contributed by atoms with van der Waals surface area (Å²) in [5.41, 5.74) is 2.54. The maximum absolute atomic E-state index is 11.2. The normalized spacial score (nSPS) is 18.0. The lowest BCUT2D eigenvalue weighted by molar-refractivity contribution is 0.0441. The van der Waals surface area contributed by atoms with Crippen LogP contribution >= 0.6 is 0 Å². The number of rotatable bonds is 0. The van der Waals surface area contributed by atoms with Crippen molar-refractivity contribution in [2.75, 3.05) is 0 Å². The zero-order valence-corrected chi connectivity index (χ0v) is 7.37. The molecule has 3 rings (SSSR count). The minimum atomic E-state index is -0.611. The number of aromatic nitrogens is 1. The highest BCUT2D eigenvalue weighted by molar-refractivity contribution is 6.13. The number of hydrogen-bond donors (Lipinski definition) is 0. The lowest BCUT2D eigenvalue weighted by Crippen LogP contribution is -2.00. The highest BCUT2D eigenvalue weighted by Crippen LogP contribution is 2.26. The van der Waals surface area contributed by atoms with Crippen LogP contribution < -0.4 is 0 Å². The van der Waals surface area contributed by atoms with Crippen LogP contribution in [0, 0.1) is 0 Å². The zero-order chi connectivity index (χ0) is 9.71. The molecule has 0 saturated carbocycles. The van der Waals surface area contributed by atoms with Gasteiger partial charge in [-0.2, -0.15) is 0 Å². The van der Waals surface area contributed by atoms with Crippen molar-refractivity contribution in [2.24, 2.45) is 0 Å². The first-order chi connectivity index (χ1) is 6.75. The average Bonchev–Trinajstić information content (AvgIpc) is 2.70. The number of carbonyl (C=O) groups excluding carboxylic acids is 2. The van der Waals surface area contributed by atoms with E-state index in [0.717, 1.165) is 30.5 Å². The van der Waals surface area contributed by atoms with Crippen LogP contribution in [-0.4, -0.2) is 16.9 Å². The lowest BCUT2D eigenvalue weighted by Gasteiger charge is -1.98. The van der Waals surface area contributed by atoms with Crippen molar-refractivity contribution in [3.05, 3.63) is 28.6 Å². The Bertz CT molecular complexity index is 424. The number of ether oxygens (including phenoxy) is 1. The van der Waals surface area contributed by atoms with Gasteiger partial charge < -0.3 is 4.74 Å². The molecule has 0 atom stereocenters. The summed E-state index contributed by atoms with van der Waals surface area (Å²) in [6.07, 6.45) is 2.88. The largest absolute Gasteiger partial charge is 0.384 e. The van der Waals surface area contributed by atoms with Gasteiger partial charge in [-0.15, -0.1) is 0 Å². The van der Waals surface area contributed by atoms with Crippen LogP contribution in [0.2, 0.25) is 0 Å². The zero-order valence-electron chi connectivity index (χ0n) is 7.37. The molecule has 4 nitrogen and oxygen atoms in total. The second-order valence-corrected chi connectivity index (χ2v) is 3.52. The maximum Gasteiger partial charge on any atom is 0.365 e. The van der Waals surface area contributed by atoms with Crippen LogP contribution in [0.5, 0.6) is 0 Å². The molecule has 1 aliphatic heterocycles. The van der Waals surface area contributed by atoms with Crippen molar-refractivity contribution < 1.29 is 14.3 Å². The molecular weight excluding hydrogens is 182 g/mol. The fourth-order valence-electron chi connectivity index (χ4n) is 1.97. The molecule has 2 heterocycles. The molecular formula is C10H7NO3. The Morgan fingerprint density at radius 2 is 2.07 bits per heavy atom. The summed E-state index contributed by atoms with van der Waals surface area (Å²) in [7, 11) is 0. The van der Waals surface area contributed by atoms with E-state index in [2.05, 4.69) is 9.72 Å². The van der Waals surface area contributed by atoms with E-state index in [-0.39, 0.29) is 5.69 Å². The predicted octanol–water partition coefficient (Wildman–Crippen LogP) is 0.881. The second-order valence-electron chi connectivity index (χ2n) is 3.52. The van der Waals surface area contributed by atoms with Gasteiger partial charge in [0.05, 0.1) is 5.56 Å². The van der Waals surface area contributed by atoms with E-state index in [1.807, 2.05) is 0 Å². The molecule has 0 saturated heterocycles. The van der Waals surface area contributed by atoms with E-state index in [9.17, 15) is 9.59 Å². The highest BCUT2D eigenvalue weighted by Gasteiger charge is 2.33. The molecule has 0 unspecified atom stereocenters. The van der Waals surface area contributed by atoms with Crippen LogP contribution in [0.4, 0.5) is 0 Å². The minimum Gasteiger partial charge on any atom is -0.384 e. The number of fused-ring (bicyclic) bond motifs is 2. The van der Waals surface area contributed by atoms with Gasteiger partial charge in [-0.3, -0.25) is 0 Å². The Morgan fingerprint density at radius 3 is 2.93 bits per heavy atom. The first-order valence-electron chi connectivity index (χ1n) is 4.55. The van der Waals surface area contributed by atoms with Gasteiger partial charge in [-0.1, -0.05) is 0 Å². The lowest BCUT2D eigenvalue weighted by atomic mass is 10.1. The number of esters is 2. The standard InChI is InChI=1S/C10H7NO3/c12-9-6-4-5-2-1-3-7(5)11-8(6)10(13)14-9/h4H,1-3H2. The molecule has 0 amide bonds. The predicted molar refractivity (Wildman–Crippen MR) is 46.0 cm³/mol. The number of carbonyl (C=O) groups is 2. The van der Waals surface area contributed by atoms with Crippen molar-refractivity contribution in [3.8, 4) is 0 Å². The van der Waals surface area contributed by atoms with Gasteiger partial charge in [0, 0.05) is 5.69 Å². The Balaban J connectivity index is 2.26. The van der Waals surface area contributed by atoms with Crippen molar-refractivity contribution in [2.45, 2.75) is 19.3 Å². The summed E-state index contributed by atoms with van der Waals surface area (Å²) in [5, 5.41) is 0. The van der Waals surface area contributed by atoms with Crippen LogP contribution in [0.25, 0.3) is 0 Å². The monoisotopic (exact) mass is 189 g/mol. The molecule has 70 valence electrons. The number of hydrogen-bond acceptors (Lipinski definition) is 4. The van der Waals surface area contributed by atoms with Crippen molar-refractivity contribution >= 4 is 11.9 Å². The van der Waals surface area contributed by atoms with Crippen LogP contribution in [0.15, 0.2) is 6.07 Å². The molecule has 4 heteroatoms. The van der Waals surface area contributed by atoms with Gasteiger partial charge in [-0.25, -0.2) is 14.6 Å². The number of pyridine rings is 1. The van der Waals surface area contributed by atoms with E-state index < -0.39 is 11.9 Å². The topological polar surface area (TPSA) is 56.3 Å². The van der Waals surface area contributed by atoms with Crippen LogP contribution in [-0.2, 0) is 17.6 Å². The first kappa shape index (κ1) is 7.67. The molecule has 0 spiro atoms. The Hall–Kier alpha value is -1.71. The van der Waals surface area contributed by atoms with Gasteiger partial charge >= 0.3 is 11.9 Å². The third kappa shape index (κ3) is 0.852. The summed E-state index contributed by atoms with van der Waals surface area (Å²) in [5.74, 6) is -1.17. The maximum atomic E-state index is 11.2. The molecule has 0 fully saturated rings. The van der Waals surface area contributed by atoms with E-state index in [1.54, 1.807) is 6.07 Å². The number of cyclic esters (lactones) is 2. The molecule has 0 N–H and O–H groups in total. The first-order valence-corrected chi connectivity index (χ1v) is 4.55. The fourth-order valence-corrected chi connectivity index (χ4v) is 1.97. The Kier molecular flexibility index (Phi) is 1.32. The second kappa shape index (κ2) is 2.41. The van der Waals surface area contributed by atoms with E-state index in [4.69, 9.17) is 0 Å². The SMILES string of the molecule is O=C1OC(=O)c2nc3c(cc21)CCC3. The molecule has 2 aliphatic rings. The minimum absolute atomic E-state index is 0.190. The highest BCUT2D eigenvalue weighted by atomic mass is 16.6. The van der Waals surface area contributed by atoms with Crippen LogP contribution in [0.1, 0.15) is 38.5 Å². The van der Waals surface area contributed by atoms with Crippen LogP contribution in [0.3, 0.4) is 0 Å². The summed E-state index contributed by atoms with van der Waals surface area (Å²) in [4.78, 5) is 26.5. The fraction of sp³-hybridized carbons (Fsp3) is 0.300. The molecule has 14 heavy (non-hydrogen) atoms. The number of nitrogens with zero attached hydrogens (tertiary/aromatic N) is 1. The van der Waals surface area contributed by atoms with Crippen molar-refractivity contribution in [3.63, 3.8) is 0 Å². The van der Waals surface area contributed by atoms with Gasteiger partial charge in [0.25, 0.3) is 0 Å². The quantitative estimate of drug-likeness (QED) is 0.449. The molecule has 0 aromatic carbocycles. The molecule has 1 aliphatic carbocycles. The van der Waals surface area contributed by atoms with Gasteiger partial charge in [0.2, 0.25) is 0 Å². The third-order valence-corrected chi connectivity index (χ3v) is 2.65. The summed E-state index contributed by atoms with van der Waals surface area (Å²) >= 11 is 0. The van der Waals surface area contributed by atoms with E-state index in [0.29, 0.717) is 5.56 Å². The third-order valence-electron chi connectivity index (χ3n) is 2.65. The Morgan fingerprint density at radius 1 is 1.21 bits per heavy atom.